The van der Waals surface area contributed by atoms with Crippen LogP contribution in [0.5, 0.6) is 5.75 Å². The van der Waals surface area contributed by atoms with Crippen molar-refractivity contribution in [1.82, 2.24) is 10.3 Å². The van der Waals surface area contributed by atoms with E-state index in [2.05, 4.69) is 15.0 Å². The van der Waals surface area contributed by atoms with Crippen LogP contribution >= 0.6 is 11.6 Å². The van der Waals surface area contributed by atoms with Gasteiger partial charge in [-0.3, -0.25) is 4.98 Å². The lowest BCUT2D eigenvalue weighted by atomic mass is 9.66. The summed E-state index contributed by atoms with van der Waals surface area (Å²) in [7, 11) is 0. The molecule has 1 aromatic heterocycles. The van der Waals surface area contributed by atoms with Gasteiger partial charge in [-0.2, -0.15) is 0 Å². The van der Waals surface area contributed by atoms with Gasteiger partial charge in [0.2, 0.25) is 0 Å². The molecular weight excluding hydrogens is 441 g/mol. The molecule has 1 aliphatic carbocycles. The molecule has 0 bridgehead atoms. The monoisotopic (exact) mass is 468 g/mol. The Morgan fingerprint density at radius 3 is 2.69 bits per heavy atom. The maximum atomic E-state index is 12.8. The van der Waals surface area contributed by atoms with Crippen LogP contribution in [0.1, 0.15) is 56.1 Å². The van der Waals surface area contributed by atoms with Gasteiger partial charge in [0.05, 0.1) is 10.6 Å². The normalized spacial score (nSPS) is 22.9. The summed E-state index contributed by atoms with van der Waals surface area (Å²) in [5.74, 6) is -0.167. The van der Waals surface area contributed by atoms with E-state index < -0.39 is 6.36 Å². The summed E-state index contributed by atoms with van der Waals surface area (Å²) in [5.41, 5.74) is 1.44. The first kappa shape index (κ1) is 23.3. The number of aromatic nitrogens is 1. The van der Waals surface area contributed by atoms with Crippen molar-refractivity contribution in [2.75, 3.05) is 13.2 Å². The van der Waals surface area contributed by atoms with Crippen molar-refractivity contribution in [2.45, 2.75) is 68.9 Å². The van der Waals surface area contributed by atoms with E-state index in [0.29, 0.717) is 24.7 Å². The Morgan fingerprint density at radius 1 is 1.12 bits per heavy atom. The molecular formula is C24H28ClF3N2O2. The van der Waals surface area contributed by atoms with Gasteiger partial charge in [-0.05, 0) is 68.0 Å². The van der Waals surface area contributed by atoms with E-state index in [1.807, 2.05) is 12.1 Å². The smallest absolute Gasteiger partial charge is 0.406 e. The minimum atomic E-state index is -4.71. The molecule has 8 heteroatoms. The Morgan fingerprint density at radius 2 is 1.94 bits per heavy atom. The van der Waals surface area contributed by atoms with Crippen LogP contribution in [0, 0.1) is 0 Å². The Bertz CT molecular complexity index is 918. The minimum Gasteiger partial charge on any atom is -0.406 e. The molecule has 4 nitrogen and oxygen atoms in total. The van der Waals surface area contributed by atoms with Crippen LogP contribution < -0.4 is 10.1 Å². The third-order valence-electron chi connectivity index (χ3n) is 6.72. The van der Waals surface area contributed by atoms with Crippen molar-refractivity contribution >= 4 is 11.6 Å². The number of rotatable bonds is 7. The molecule has 174 valence electrons. The first-order valence-electron chi connectivity index (χ1n) is 11.1. The van der Waals surface area contributed by atoms with Crippen LogP contribution in [0.2, 0.25) is 5.02 Å². The molecule has 1 saturated carbocycles. The highest BCUT2D eigenvalue weighted by molar-refractivity contribution is 6.30. The van der Waals surface area contributed by atoms with Gasteiger partial charge < -0.3 is 14.8 Å². The third-order valence-corrected chi connectivity index (χ3v) is 6.92. The second-order valence-electron chi connectivity index (χ2n) is 8.96. The third kappa shape index (κ3) is 5.74. The molecule has 2 aromatic rings. The number of hydrogen-bond acceptors (Lipinski definition) is 4. The molecule has 32 heavy (non-hydrogen) atoms. The molecule has 1 aliphatic heterocycles. The van der Waals surface area contributed by atoms with E-state index in [9.17, 15) is 13.2 Å². The van der Waals surface area contributed by atoms with Gasteiger partial charge in [0, 0.05) is 31.0 Å². The van der Waals surface area contributed by atoms with Gasteiger partial charge in [-0.15, -0.1) is 13.2 Å². The fourth-order valence-electron chi connectivity index (χ4n) is 5.30. The quantitative estimate of drug-likeness (QED) is 0.493. The molecule has 0 amide bonds. The lowest BCUT2D eigenvalue weighted by Crippen LogP contribution is -2.47. The fourth-order valence-corrected chi connectivity index (χ4v) is 5.50. The number of halogens is 4. The number of benzene rings is 1. The van der Waals surface area contributed by atoms with Gasteiger partial charge in [0.15, 0.2) is 0 Å². The van der Waals surface area contributed by atoms with E-state index in [-0.39, 0.29) is 16.8 Å². The molecule has 0 unspecified atom stereocenters. The summed E-state index contributed by atoms with van der Waals surface area (Å²) in [6.45, 7) is 1.96. The Kier molecular flexibility index (Phi) is 6.98. The van der Waals surface area contributed by atoms with Crippen molar-refractivity contribution in [1.29, 1.82) is 0 Å². The number of alkyl halides is 3. The van der Waals surface area contributed by atoms with Crippen LogP contribution in [0.3, 0.4) is 0 Å². The molecule has 4 rings (SSSR count). The zero-order valence-electron chi connectivity index (χ0n) is 17.9. The van der Waals surface area contributed by atoms with Crippen LogP contribution in [0.4, 0.5) is 13.2 Å². The van der Waals surface area contributed by atoms with Gasteiger partial charge in [0.1, 0.15) is 5.75 Å². The fraction of sp³-hybridized carbons (Fsp3) is 0.542. The molecule has 1 N–H and O–H groups in total. The largest absolute Gasteiger partial charge is 0.573 e. The van der Waals surface area contributed by atoms with Crippen LogP contribution in [0.15, 0.2) is 42.7 Å². The number of nitrogens with zero attached hydrogens (tertiary/aromatic N) is 1. The van der Waals surface area contributed by atoms with Gasteiger partial charge in [-0.25, -0.2) is 0 Å². The summed E-state index contributed by atoms with van der Waals surface area (Å²) in [6.07, 6.45) is 5.32. The van der Waals surface area contributed by atoms with E-state index >= 15 is 0 Å². The number of nitrogens with one attached hydrogen (secondary N) is 1. The van der Waals surface area contributed by atoms with E-state index in [0.717, 1.165) is 56.1 Å². The van der Waals surface area contributed by atoms with Crippen molar-refractivity contribution in [3.63, 3.8) is 0 Å². The highest BCUT2D eigenvalue weighted by atomic mass is 35.5. The first-order valence-corrected chi connectivity index (χ1v) is 11.5. The Hall–Kier alpha value is -1.83. The van der Waals surface area contributed by atoms with Gasteiger partial charge in [0.25, 0.3) is 0 Å². The Labute approximate surface area is 191 Å². The topological polar surface area (TPSA) is 43.4 Å². The van der Waals surface area contributed by atoms with Gasteiger partial charge in [-0.1, -0.05) is 36.6 Å². The molecule has 0 radical (unpaired) electrons. The van der Waals surface area contributed by atoms with E-state index in [4.69, 9.17) is 16.3 Å². The highest BCUT2D eigenvalue weighted by Crippen LogP contribution is 2.50. The second-order valence-corrected chi connectivity index (χ2v) is 9.40. The van der Waals surface area contributed by atoms with Crippen molar-refractivity contribution in [3.05, 3.63) is 58.9 Å². The first-order chi connectivity index (χ1) is 15.3. The highest BCUT2D eigenvalue weighted by Gasteiger charge is 2.47. The number of pyridine rings is 1. The molecule has 2 fully saturated rings. The standard InChI is InChI=1S/C24H28ClF3N2O2/c25-20-12-18(15-30-16-20)14-29-10-8-22(9-11-31-23(17-22)6-1-2-7-23)19-4-3-5-21(13-19)32-24(26,27)28/h3-5,12-13,15-16,29H,1-2,6-11,14,17H2/t22-/m1/s1. The average molecular weight is 469 g/mol. The number of hydrogen-bond donors (Lipinski definition) is 1. The van der Waals surface area contributed by atoms with Crippen LogP contribution in [-0.4, -0.2) is 30.1 Å². The van der Waals surface area contributed by atoms with Crippen LogP contribution in [-0.2, 0) is 16.7 Å². The van der Waals surface area contributed by atoms with Gasteiger partial charge >= 0.3 is 6.36 Å². The summed E-state index contributed by atoms with van der Waals surface area (Å²) < 4.78 is 48.9. The number of ether oxygens (including phenoxy) is 2. The maximum Gasteiger partial charge on any atom is 0.573 e. The summed E-state index contributed by atoms with van der Waals surface area (Å²) in [4.78, 5) is 4.11. The summed E-state index contributed by atoms with van der Waals surface area (Å²) >= 11 is 6.02. The lowest BCUT2D eigenvalue weighted by Gasteiger charge is -2.47. The predicted octanol–water partition coefficient (Wildman–Crippen LogP) is 6.17. The molecule has 2 aliphatic rings. The minimum absolute atomic E-state index is 0.167. The molecule has 1 spiro atoms. The average Bonchev–Trinajstić information content (AvgIpc) is 3.17. The lowest BCUT2D eigenvalue weighted by molar-refractivity contribution is -0.274. The molecule has 2 heterocycles. The molecule has 1 atom stereocenters. The van der Waals surface area contributed by atoms with Crippen molar-refractivity contribution < 1.29 is 22.6 Å². The molecule has 1 saturated heterocycles. The summed E-state index contributed by atoms with van der Waals surface area (Å²) in [5, 5.41) is 4.04. The Balaban J connectivity index is 1.53. The van der Waals surface area contributed by atoms with Crippen molar-refractivity contribution in [2.24, 2.45) is 0 Å². The predicted molar refractivity (Wildman–Crippen MR) is 117 cm³/mol. The van der Waals surface area contributed by atoms with Crippen LogP contribution in [0.25, 0.3) is 0 Å². The maximum absolute atomic E-state index is 12.8. The van der Waals surface area contributed by atoms with Crippen molar-refractivity contribution in [3.8, 4) is 5.75 Å². The zero-order chi connectivity index (χ0) is 22.7. The second kappa shape index (κ2) is 9.57. The van der Waals surface area contributed by atoms with E-state index in [1.54, 1.807) is 24.5 Å². The van der Waals surface area contributed by atoms with E-state index in [1.165, 1.54) is 6.07 Å². The SMILES string of the molecule is FC(F)(F)Oc1cccc([C@]2(CCNCc3cncc(Cl)c3)CCOC3(CCCC3)C2)c1. The molecule has 1 aromatic carbocycles. The zero-order valence-corrected chi connectivity index (χ0v) is 18.6. The summed E-state index contributed by atoms with van der Waals surface area (Å²) in [6, 6.07) is 8.37.